The van der Waals surface area contributed by atoms with Gasteiger partial charge in [-0.1, -0.05) is 19.1 Å². The molecule has 0 amide bonds. The normalized spacial score (nSPS) is 26.2. The maximum absolute atomic E-state index is 12.3. The van der Waals surface area contributed by atoms with Gasteiger partial charge in [0, 0.05) is 21.2 Å². The molecule has 0 aliphatic carbocycles. The highest BCUT2D eigenvalue weighted by atomic mass is 79.9. The van der Waals surface area contributed by atoms with Crippen molar-refractivity contribution in [2.24, 2.45) is 0 Å². The molecule has 0 saturated carbocycles. The molecule has 5 heteroatoms. The third kappa shape index (κ3) is 3.26. The van der Waals surface area contributed by atoms with Crippen LogP contribution in [0.5, 0.6) is 0 Å². The Morgan fingerprint density at radius 2 is 2.32 bits per heavy atom. The third-order valence-corrected chi connectivity index (χ3v) is 5.25. The Kier molecular flexibility index (Phi) is 4.79. The smallest absolute Gasteiger partial charge is 0.332 e. The Bertz CT molecular complexity index is 469. The molecular formula is C14H18BrNO2S. The molecule has 19 heavy (non-hydrogen) atoms. The molecular weight excluding hydrogens is 326 g/mol. The number of halogens is 1. The summed E-state index contributed by atoms with van der Waals surface area (Å²) in [6.07, 6.45) is 0.790. The number of nitrogens with one attached hydrogen (secondary N) is 1. The van der Waals surface area contributed by atoms with Crippen molar-refractivity contribution in [3.05, 3.63) is 28.7 Å². The van der Waals surface area contributed by atoms with Crippen LogP contribution in [0, 0.1) is 0 Å². The van der Waals surface area contributed by atoms with Gasteiger partial charge in [-0.2, -0.15) is 11.8 Å². The summed E-state index contributed by atoms with van der Waals surface area (Å²) in [5.41, 5.74) is 0.328. The standard InChI is InChI=1S/C14H18BrNO2S/c1-3-18-13(17)14(8-10(2)19-9-14)16-12-7-5-4-6-11(12)15/h4-7,10,16H,3,8-9H2,1-2H3. The fourth-order valence-corrected chi connectivity index (χ4v) is 3.93. The lowest BCUT2D eigenvalue weighted by Crippen LogP contribution is -2.48. The van der Waals surface area contributed by atoms with Gasteiger partial charge in [0.1, 0.15) is 5.54 Å². The second-order valence-electron chi connectivity index (χ2n) is 4.73. The molecule has 0 radical (unpaired) electrons. The minimum Gasteiger partial charge on any atom is -0.464 e. The first-order valence-electron chi connectivity index (χ1n) is 6.39. The Morgan fingerprint density at radius 1 is 1.58 bits per heavy atom. The van der Waals surface area contributed by atoms with Crippen LogP contribution in [0.2, 0.25) is 0 Å². The molecule has 1 aliphatic heterocycles. The van der Waals surface area contributed by atoms with Gasteiger partial charge in [0.25, 0.3) is 0 Å². The predicted octanol–water partition coefficient (Wildman–Crippen LogP) is 3.69. The van der Waals surface area contributed by atoms with Crippen LogP contribution in [-0.4, -0.2) is 29.1 Å². The summed E-state index contributed by atoms with van der Waals surface area (Å²) in [6, 6.07) is 7.85. The van der Waals surface area contributed by atoms with E-state index in [1.807, 2.05) is 31.2 Å². The van der Waals surface area contributed by atoms with Crippen LogP contribution >= 0.6 is 27.7 Å². The highest BCUT2D eigenvalue weighted by Crippen LogP contribution is 2.39. The summed E-state index contributed by atoms with van der Waals surface area (Å²) in [5.74, 6) is 0.594. The summed E-state index contributed by atoms with van der Waals surface area (Å²) >= 11 is 5.31. The number of carbonyl (C=O) groups is 1. The number of ether oxygens (including phenoxy) is 1. The summed E-state index contributed by atoms with van der Waals surface area (Å²) in [7, 11) is 0. The maximum atomic E-state index is 12.3. The summed E-state index contributed by atoms with van der Waals surface area (Å²) in [5, 5.41) is 3.85. The molecule has 0 bridgehead atoms. The summed E-state index contributed by atoms with van der Waals surface area (Å²) in [4.78, 5) is 12.3. The average molecular weight is 344 g/mol. The zero-order valence-corrected chi connectivity index (χ0v) is 13.5. The van der Waals surface area contributed by atoms with Gasteiger partial charge in [0.2, 0.25) is 0 Å². The molecule has 1 aromatic rings. The highest BCUT2D eigenvalue weighted by Gasteiger charge is 2.46. The van der Waals surface area contributed by atoms with Crippen molar-refractivity contribution in [2.45, 2.75) is 31.1 Å². The molecule has 1 N–H and O–H groups in total. The van der Waals surface area contributed by atoms with E-state index < -0.39 is 5.54 Å². The van der Waals surface area contributed by atoms with E-state index >= 15 is 0 Å². The van der Waals surface area contributed by atoms with E-state index in [1.54, 1.807) is 11.8 Å². The van der Waals surface area contributed by atoms with E-state index in [1.165, 1.54) is 0 Å². The summed E-state index contributed by atoms with van der Waals surface area (Å²) < 4.78 is 6.22. The third-order valence-electron chi connectivity index (χ3n) is 3.16. The summed E-state index contributed by atoms with van der Waals surface area (Å²) in [6.45, 7) is 4.40. The van der Waals surface area contributed by atoms with E-state index in [-0.39, 0.29) is 5.97 Å². The van der Waals surface area contributed by atoms with Gasteiger partial charge in [-0.05, 0) is 41.4 Å². The zero-order valence-electron chi connectivity index (χ0n) is 11.1. The molecule has 2 atom stereocenters. The van der Waals surface area contributed by atoms with Gasteiger partial charge in [0.15, 0.2) is 0 Å². The fraction of sp³-hybridized carbons (Fsp3) is 0.500. The van der Waals surface area contributed by atoms with Crippen molar-refractivity contribution < 1.29 is 9.53 Å². The van der Waals surface area contributed by atoms with Crippen molar-refractivity contribution in [3.8, 4) is 0 Å². The number of rotatable bonds is 4. The van der Waals surface area contributed by atoms with E-state index in [9.17, 15) is 4.79 Å². The molecule has 2 unspecified atom stereocenters. The Morgan fingerprint density at radius 3 is 2.89 bits per heavy atom. The number of esters is 1. The lowest BCUT2D eigenvalue weighted by molar-refractivity contribution is -0.147. The van der Waals surface area contributed by atoms with Crippen LogP contribution in [0.4, 0.5) is 5.69 Å². The molecule has 104 valence electrons. The second kappa shape index (κ2) is 6.18. The van der Waals surface area contributed by atoms with Crippen LogP contribution < -0.4 is 5.32 Å². The number of hydrogen-bond donors (Lipinski definition) is 1. The van der Waals surface area contributed by atoms with Gasteiger partial charge < -0.3 is 10.1 Å². The molecule has 1 aliphatic rings. The number of para-hydroxylation sites is 1. The Hall–Kier alpha value is -0.680. The monoisotopic (exact) mass is 343 g/mol. The first kappa shape index (κ1) is 14.7. The quantitative estimate of drug-likeness (QED) is 0.846. The van der Waals surface area contributed by atoms with Crippen molar-refractivity contribution >= 4 is 39.3 Å². The number of carbonyl (C=O) groups excluding carboxylic acids is 1. The molecule has 1 aromatic carbocycles. The van der Waals surface area contributed by atoms with Crippen LogP contribution in [0.15, 0.2) is 28.7 Å². The van der Waals surface area contributed by atoms with Crippen molar-refractivity contribution in [1.82, 2.24) is 0 Å². The zero-order chi connectivity index (χ0) is 13.9. The van der Waals surface area contributed by atoms with E-state index in [0.717, 1.165) is 22.3 Å². The predicted molar refractivity (Wildman–Crippen MR) is 83.7 cm³/mol. The highest BCUT2D eigenvalue weighted by molar-refractivity contribution is 9.10. The molecule has 3 nitrogen and oxygen atoms in total. The topological polar surface area (TPSA) is 38.3 Å². The number of hydrogen-bond acceptors (Lipinski definition) is 4. The minimum atomic E-state index is -0.607. The first-order valence-corrected chi connectivity index (χ1v) is 8.23. The van der Waals surface area contributed by atoms with Gasteiger partial charge in [-0.3, -0.25) is 0 Å². The molecule has 1 saturated heterocycles. The first-order chi connectivity index (χ1) is 9.07. The Labute approximate surface area is 126 Å². The molecule has 1 fully saturated rings. The van der Waals surface area contributed by atoms with Crippen molar-refractivity contribution in [1.29, 1.82) is 0 Å². The molecule has 1 heterocycles. The lowest BCUT2D eigenvalue weighted by Gasteiger charge is -2.29. The maximum Gasteiger partial charge on any atom is 0.332 e. The lowest BCUT2D eigenvalue weighted by atomic mass is 9.95. The van der Waals surface area contributed by atoms with Crippen LogP contribution in [0.1, 0.15) is 20.3 Å². The SMILES string of the molecule is CCOC(=O)C1(Nc2ccccc2Br)CSC(C)C1. The van der Waals surface area contributed by atoms with E-state index in [2.05, 4.69) is 28.2 Å². The van der Waals surface area contributed by atoms with Gasteiger partial charge in [-0.15, -0.1) is 0 Å². The van der Waals surface area contributed by atoms with Crippen LogP contribution in [-0.2, 0) is 9.53 Å². The number of anilines is 1. The largest absolute Gasteiger partial charge is 0.464 e. The number of thioether (sulfide) groups is 1. The number of benzene rings is 1. The van der Waals surface area contributed by atoms with E-state index in [0.29, 0.717) is 11.9 Å². The van der Waals surface area contributed by atoms with Gasteiger partial charge in [-0.25, -0.2) is 4.79 Å². The van der Waals surface area contributed by atoms with Gasteiger partial charge in [0.05, 0.1) is 6.61 Å². The van der Waals surface area contributed by atoms with Crippen LogP contribution in [0.3, 0.4) is 0 Å². The van der Waals surface area contributed by atoms with Crippen LogP contribution in [0.25, 0.3) is 0 Å². The van der Waals surface area contributed by atoms with E-state index in [4.69, 9.17) is 4.74 Å². The van der Waals surface area contributed by atoms with Gasteiger partial charge >= 0.3 is 5.97 Å². The fourth-order valence-electron chi connectivity index (χ4n) is 2.26. The van der Waals surface area contributed by atoms with Crippen molar-refractivity contribution in [2.75, 3.05) is 17.7 Å². The second-order valence-corrected chi connectivity index (χ2v) is 7.01. The average Bonchev–Trinajstić information content (AvgIpc) is 2.75. The molecule has 2 rings (SSSR count). The molecule has 0 aromatic heterocycles. The minimum absolute atomic E-state index is 0.150. The van der Waals surface area contributed by atoms with Crippen molar-refractivity contribution in [3.63, 3.8) is 0 Å². The Balaban J connectivity index is 2.24. The molecule has 0 spiro atoms.